The summed E-state index contributed by atoms with van der Waals surface area (Å²) >= 11 is 0. The summed E-state index contributed by atoms with van der Waals surface area (Å²) in [6.45, 7) is 5.36. The van der Waals surface area contributed by atoms with E-state index in [1.165, 1.54) is 32.1 Å². The van der Waals surface area contributed by atoms with Crippen molar-refractivity contribution in [2.75, 3.05) is 0 Å². The van der Waals surface area contributed by atoms with Crippen molar-refractivity contribution >= 4 is 5.91 Å². The van der Waals surface area contributed by atoms with Crippen molar-refractivity contribution in [3.8, 4) is 0 Å². The molecule has 0 spiro atoms. The lowest BCUT2D eigenvalue weighted by Crippen LogP contribution is -2.27. The van der Waals surface area contributed by atoms with Crippen LogP contribution in [0.1, 0.15) is 52.9 Å². The van der Waals surface area contributed by atoms with Gasteiger partial charge in [-0.15, -0.1) is 0 Å². The van der Waals surface area contributed by atoms with E-state index in [0.717, 1.165) is 0 Å². The van der Waals surface area contributed by atoms with Crippen molar-refractivity contribution < 1.29 is 4.79 Å². The smallest absolute Gasteiger partial charge is 0.222 e. The molecule has 0 aromatic carbocycles. The van der Waals surface area contributed by atoms with E-state index in [1.54, 1.807) is 20.8 Å². The lowest BCUT2D eigenvalue weighted by Gasteiger charge is -2.10. The molecular formula is C10H21NO. The van der Waals surface area contributed by atoms with E-state index < -0.39 is 0 Å². The Kier molecular flexibility index (Phi) is 4.95. The molecule has 0 atom stereocenters. The number of hydrogen-bond donors (Lipinski definition) is 1. The van der Waals surface area contributed by atoms with Crippen molar-refractivity contribution in [3.63, 3.8) is 0 Å². The highest BCUT2D eigenvalue weighted by atomic mass is 16.1. The molecule has 1 fully saturated rings. The third kappa shape index (κ3) is 6.20. The van der Waals surface area contributed by atoms with E-state index in [1.807, 2.05) is 0 Å². The predicted molar refractivity (Wildman–Crippen MR) is 51.7 cm³/mol. The Balaban J connectivity index is 0.000000211. The summed E-state index contributed by atoms with van der Waals surface area (Å²) in [6, 6.07) is 0. The Labute approximate surface area is 75.5 Å². The second kappa shape index (κ2) is 5.18. The minimum absolute atomic E-state index is 0.257. The molecule has 12 heavy (non-hydrogen) atoms. The van der Waals surface area contributed by atoms with Crippen LogP contribution in [-0.4, -0.2) is 5.91 Å². The van der Waals surface area contributed by atoms with Crippen molar-refractivity contribution in [1.82, 2.24) is 0 Å². The molecule has 0 bridgehead atoms. The van der Waals surface area contributed by atoms with Crippen LogP contribution in [0.2, 0.25) is 0 Å². The summed E-state index contributed by atoms with van der Waals surface area (Å²) in [5.74, 6) is -0.257. The maximum atomic E-state index is 10.2. The molecule has 1 rings (SSSR count). The van der Waals surface area contributed by atoms with Crippen molar-refractivity contribution in [2.45, 2.75) is 52.9 Å². The Hall–Kier alpha value is -0.530. The molecule has 1 saturated carbocycles. The highest BCUT2D eigenvalue weighted by molar-refractivity contribution is 5.79. The topological polar surface area (TPSA) is 43.1 Å². The molecular weight excluding hydrogens is 150 g/mol. The molecule has 0 aromatic rings. The van der Waals surface area contributed by atoms with Gasteiger partial charge in [-0.2, -0.15) is 0 Å². The Morgan fingerprint density at radius 3 is 1.25 bits per heavy atom. The van der Waals surface area contributed by atoms with E-state index >= 15 is 0 Å². The number of primary amides is 1. The SMILES string of the molecule is C1CCCC1.CC(C)(C)C(N)=O. The molecule has 0 radical (unpaired) electrons. The first-order valence-corrected chi connectivity index (χ1v) is 4.74. The first-order valence-electron chi connectivity index (χ1n) is 4.74. The Bertz CT molecular complexity index is 124. The molecule has 1 amide bonds. The lowest BCUT2D eigenvalue weighted by atomic mass is 9.96. The molecule has 2 nitrogen and oxygen atoms in total. The number of carbonyl (C=O) groups excluding carboxylic acids is 1. The molecule has 0 aromatic heterocycles. The standard InChI is InChI=1S/C5H11NO.C5H10/c1-5(2,3)4(6)7;1-2-4-5-3-1/h1-3H3,(H2,6,7);1-5H2. The van der Waals surface area contributed by atoms with E-state index in [2.05, 4.69) is 0 Å². The monoisotopic (exact) mass is 171 g/mol. The number of amides is 1. The molecule has 2 N–H and O–H groups in total. The first-order chi connectivity index (χ1) is 5.44. The molecule has 2 heteroatoms. The molecule has 0 saturated heterocycles. The van der Waals surface area contributed by atoms with Crippen LogP contribution in [0.15, 0.2) is 0 Å². The molecule has 1 aliphatic rings. The van der Waals surface area contributed by atoms with Gasteiger partial charge in [0.2, 0.25) is 5.91 Å². The first kappa shape index (κ1) is 11.5. The van der Waals surface area contributed by atoms with Gasteiger partial charge < -0.3 is 5.73 Å². The fraction of sp³-hybridized carbons (Fsp3) is 0.900. The minimum atomic E-state index is -0.361. The normalized spacial score (nSPS) is 16.6. The third-order valence-electron chi connectivity index (χ3n) is 1.99. The Morgan fingerprint density at radius 1 is 1.00 bits per heavy atom. The predicted octanol–water partition coefficient (Wildman–Crippen LogP) is 2.47. The van der Waals surface area contributed by atoms with E-state index in [4.69, 9.17) is 5.73 Å². The summed E-state index contributed by atoms with van der Waals surface area (Å²) in [5, 5.41) is 0. The second-order valence-corrected chi connectivity index (χ2v) is 4.38. The molecule has 72 valence electrons. The van der Waals surface area contributed by atoms with Gasteiger partial charge in [0, 0.05) is 5.41 Å². The number of rotatable bonds is 0. The Morgan fingerprint density at radius 2 is 1.17 bits per heavy atom. The summed E-state index contributed by atoms with van der Waals surface area (Å²) in [4.78, 5) is 10.2. The van der Waals surface area contributed by atoms with Crippen LogP contribution in [0.3, 0.4) is 0 Å². The van der Waals surface area contributed by atoms with Crippen LogP contribution in [0, 0.1) is 5.41 Å². The quantitative estimate of drug-likeness (QED) is 0.597. The molecule has 1 aliphatic carbocycles. The maximum absolute atomic E-state index is 10.2. The largest absolute Gasteiger partial charge is 0.369 e. The number of nitrogens with two attached hydrogens (primary N) is 1. The van der Waals surface area contributed by atoms with Crippen LogP contribution < -0.4 is 5.73 Å². The summed E-state index contributed by atoms with van der Waals surface area (Å²) in [5.41, 5.74) is 4.57. The van der Waals surface area contributed by atoms with Gasteiger partial charge in [0.1, 0.15) is 0 Å². The summed E-state index contributed by atoms with van der Waals surface area (Å²) in [6.07, 6.45) is 7.50. The van der Waals surface area contributed by atoms with Gasteiger partial charge in [-0.3, -0.25) is 4.79 Å². The highest BCUT2D eigenvalue weighted by Crippen LogP contribution is 2.15. The summed E-state index contributed by atoms with van der Waals surface area (Å²) in [7, 11) is 0. The van der Waals surface area contributed by atoms with Gasteiger partial charge in [-0.25, -0.2) is 0 Å². The van der Waals surface area contributed by atoms with Crippen LogP contribution in [0.5, 0.6) is 0 Å². The van der Waals surface area contributed by atoms with E-state index in [0.29, 0.717) is 0 Å². The maximum Gasteiger partial charge on any atom is 0.222 e. The van der Waals surface area contributed by atoms with Crippen LogP contribution in [-0.2, 0) is 4.79 Å². The third-order valence-corrected chi connectivity index (χ3v) is 1.99. The average Bonchev–Trinajstić information content (AvgIpc) is 2.39. The zero-order valence-electron chi connectivity index (χ0n) is 8.52. The molecule has 0 unspecified atom stereocenters. The van der Waals surface area contributed by atoms with E-state index in [9.17, 15) is 4.79 Å². The van der Waals surface area contributed by atoms with Crippen LogP contribution in [0.4, 0.5) is 0 Å². The molecule has 0 aliphatic heterocycles. The number of carbonyl (C=O) groups is 1. The van der Waals surface area contributed by atoms with Gasteiger partial charge in [-0.1, -0.05) is 52.9 Å². The van der Waals surface area contributed by atoms with Crippen molar-refractivity contribution in [3.05, 3.63) is 0 Å². The van der Waals surface area contributed by atoms with Crippen LogP contribution >= 0.6 is 0 Å². The zero-order valence-corrected chi connectivity index (χ0v) is 8.52. The zero-order chi connectivity index (χ0) is 9.61. The van der Waals surface area contributed by atoms with Gasteiger partial charge in [-0.05, 0) is 0 Å². The summed E-state index contributed by atoms with van der Waals surface area (Å²) < 4.78 is 0. The van der Waals surface area contributed by atoms with Crippen molar-refractivity contribution in [1.29, 1.82) is 0 Å². The van der Waals surface area contributed by atoms with Gasteiger partial charge in [0.25, 0.3) is 0 Å². The highest BCUT2D eigenvalue weighted by Gasteiger charge is 2.16. The fourth-order valence-corrected chi connectivity index (χ4v) is 0.884. The number of hydrogen-bond acceptors (Lipinski definition) is 1. The van der Waals surface area contributed by atoms with Gasteiger partial charge in [0.05, 0.1) is 0 Å². The lowest BCUT2D eigenvalue weighted by molar-refractivity contribution is -0.125. The minimum Gasteiger partial charge on any atom is -0.369 e. The second-order valence-electron chi connectivity index (χ2n) is 4.38. The molecule has 0 heterocycles. The average molecular weight is 171 g/mol. The van der Waals surface area contributed by atoms with Gasteiger partial charge in [0.15, 0.2) is 0 Å². The van der Waals surface area contributed by atoms with E-state index in [-0.39, 0.29) is 11.3 Å². The fourth-order valence-electron chi connectivity index (χ4n) is 0.884. The van der Waals surface area contributed by atoms with Crippen LogP contribution in [0.25, 0.3) is 0 Å². The van der Waals surface area contributed by atoms with Crippen molar-refractivity contribution in [2.24, 2.45) is 11.1 Å². The van der Waals surface area contributed by atoms with Gasteiger partial charge >= 0.3 is 0 Å².